The lowest BCUT2D eigenvalue weighted by Gasteiger charge is -2.29. The molecule has 0 saturated heterocycles. The molecule has 0 aliphatic carbocycles. The molecule has 0 amide bonds. The largest absolute Gasteiger partial charge is 0.466 e. The molecule has 3 nitrogen and oxygen atoms in total. The van der Waals surface area contributed by atoms with Gasteiger partial charge in [0.15, 0.2) is 0 Å². The van der Waals surface area contributed by atoms with Gasteiger partial charge in [-0.3, -0.25) is 4.79 Å². The second-order valence-electron chi connectivity index (χ2n) is 4.65. The van der Waals surface area contributed by atoms with Crippen LogP contribution in [0, 0.1) is 18.6 Å². The Labute approximate surface area is 112 Å². The quantitative estimate of drug-likeness (QED) is 0.837. The van der Waals surface area contributed by atoms with Crippen molar-refractivity contribution in [1.29, 1.82) is 0 Å². The first kappa shape index (κ1) is 15.6. The molecule has 0 aromatic heterocycles. The zero-order chi connectivity index (χ0) is 14.6. The number of hydrogen-bond acceptors (Lipinski definition) is 3. The molecule has 0 radical (unpaired) electrons. The molecule has 5 heteroatoms. The second kappa shape index (κ2) is 6.10. The van der Waals surface area contributed by atoms with Crippen LogP contribution in [0.5, 0.6) is 0 Å². The summed E-state index contributed by atoms with van der Waals surface area (Å²) in [4.78, 5) is 11.6. The Kier molecular flexibility index (Phi) is 5.00. The van der Waals surface area contributed by atoms with E-state index in [2.05, 4.69) is 5.32 Å². The lowest BCUT2D eigenvalue weighted by atomic mass is 9.87. The maximum Gasteiger partial charge on any atom is 0.307 e. The third-order valence-electron chi connectivity index (χ3n) is 3.20. The number of ether oxygens (including phenoxy) is 1. The average Bonchev–Trinajstić information content (AvgIpc) is 2.33. The molecule has 19 heavy (non-hydrogen) atoms. The van der Waals surface area contributed by atoms with E-state index in [0.29, 0.717) is 0 Å². The minimum absolute atomic E-state index is 0.0727. The zero-order valence-corrected chi connectivity index (χ0v) is 11.6. The van der Waals surface area contributed by atoms with Crippen LogP contribution in [-0.2, 0) is 15.1 Å². The Bertz CT molecular complexity index is 477. The second-order valence-corrected chi connectivity index (χ2v) is 4.65. The number of halogens is 2. The van der Waals surface area contributed by atoms with Crippen LogP contribution >= 0.6 is 0 Å². The Morgan fingerprint density at radius 2 is 2.00 bits per heavy atom. The molecule has 1 atom stereocenters. The number of hydrogen-bond donors (Lipinski definition) is 1. The van der Waals surface area contributed by atoms with Gasteiger partial charge in [0.25, 0.3) is 0 Å². The Balaban J connectivity index is 3.14. The molecular formula is C14H19F2NO2. The van der Waals surface area contributed by atoms with Gasteiger partial charge in [0.1, 0.15) is 11.6 Å². The number of nitrogens with one attached hydrogen (secondary N) is 1. The summed E-state index contributed by atoms with van der Waals surface area (Å²) in [5, 5.41) is 2.86. The third-order valence-corrected chi connectivity index (χ3v) is 3.20. The van der Waals surface area contributed by atoms with Crippen molar-refractivity contribution in [1.82, 2.24) is 5.32 Å². The van der Waals surface area contributed by atoms with Crippen molar-refractivity contribution in [2.75, 3.05) is 13.7 Å². The van der Waals surface area contributed by atoms with E-state index in [-0.39, 0.29) is 24.2 Å². The number of carbonyl (C=O) groups is 1. The fourth-order valence-electron chi connectivity index (χ4n) is 1.89. The smallest absolute Gasteiger partial charge is 0.307 e. The molecule has 0 heterocycles. The molecule has 0 fully saturated rings. The highest BCUT2D eigenvalue weighted by molar-refractivity contribution is 5.71. The number of rotatable bonds is 5. The molecule has 1 aromatic carbocycles. The molecule has 0 saturated carbocycles. The summed E-state index contributed by atoms with van der Waals surface area (Å²) in [6, 6.07) is 2.26. The molecule has 1 aromatic rings. The van der Waals surface area contributed by atoms with Gasteiger partial charge in [0.2, 0.25) is 0 Å². The molecule has 1 N–H and O–H groups in total. The molecule has 0 bridgehead atoms. The first-order chi connectivity index (χ1) is 8.84. The zero-order valence-electron chi connectivity index (χ0n) is 11.6. The van der Waals surface area contributed by atoms with Crippen LogP contribution < -0.4 is 5.32 Å². The summed E-state index contributed by atoms with van der Waals surface area (Å²) < 4.78 is 32.5. The number of esters is 1. The maximum atomic E-state index is 14.0. The Morgan fingerprint density at radius 3 is 2.53 bits per heavy atom. The maximum absolute atomic E-state index is 14.0. The number of benzene rings is 1. The van der Waals surface area contributed by atoms with Gasteiger partial charge in [0.05, 0.1) is 18.6 Å². The highest BCUT2D eigenvalue weighted by Crippen LogP contribution is 2.29. The van der Waals surface area contributed by atoms with E-state index in [9.17, 15) is 13.6 Å². The Morgan fingerprint density at radius 1 is 1.37 bits per heavy atom. The molecule has 0 spiro atoms. The van der Waals surface area contributed by atoms with Crippen LogP contribution in [0.25, 0.3) is 0 Å². The van der Waals surface area contributed by atoms with Crippen molar-refractivity contribution in [2.45, 2.75) is 32.7 Å². The monoisotopic (exact) mass is 271 g/mol. The van der Waals surface area contributed by atoms with Gasteiger partial charge in [0, 0.05) is 5.56 Å². The van der Waals surface area contributed by atoms with E-state index in [1.165, 1.54) is 6.92 Å². The summed E-state index contributed by atoms with van der Waals surface area (Å²) in [7, 11) is 1.59. The van der Waals surface area contributed by atoms with Gasteiger partial charge in [-0.15, -0.1) is 0 Å². The van der Waals surface area contributed by atoms with Crippen LogP contribution in [0.3, 0.4) is 0 Å². The molecule has 0 aliphatic rings. The molecular weight excluding hydrogens is 252 g/mol. The van der Waals surface area contributed by atoms with Crippen molar-refractivity contribution in [3.63, 3.8) is 0 Å². The lowest BCUT2D eigenvalue weighted by Crippen LogP contribution is -2.40. The summed E-state index contributed by atoms with van der Waals surface area (Å²) in [5.74, 6) is -1.50. The van der Waals surface area contributed by atoms with Crippen LogP contribution in [0.4, 0.5) is 8.78 Å². The summed E-state index contributed by atoms with van der Waals surface area (Å²) in [5.41, 5.74) is -0.660. The standard InChI is InChI=1S/C14H19F2NO2/c1-5-19-13(18)8-14(3,17-4)10-7-11(15)9(2)6-12(10)16/h6-7,17H,5,8H2,1-4H3. The van der Waals surface area contributed by atoms with E-state index in [4.69, 9.17) is 4.74 Å². The van der Waals surface area contributed by atoms with Crippen LogP contribution in [0.1, 0.15) is 31.4 Å². The van der Waals surface area contributed by atoms with E-state index in [1.807, 2.05) is 0 Å². The van der Waals surface area contributed by atoms with E-state index in [1.54, 1.807) is 20.9 Å². The van der Waals surface area contributed by atoms with Crippen molar-refractivity contribution < 1.29 is 18.3 Å². The lowest BCUT2D eigenvalue weighted by molar-refractivity contribution is -0.144. The van der Waals surface area contributed by atoms with Gasteiger partial charge in [-0.2, -0.15) is 0 Å². The fraction of sp³-hybridized carbons (Fsp3) is 0.500. The minimum Gasteiger partial charge on any atom is -0.466 e. The first-order valence-corrected chi connectivity index (χ1v) is 6.14. The van der Waals surface area contributed by atoms with Gasteiger partial charge in [-0.25, -0.2) is 8.78 Å². The van der Waals surface area contributed by atoms with Gasteiger partial charge in [-0.1, -0.05) is 0 Å². The van der Waals surface area contributed by atoms with Crippen molar-refractivity contribution in [2.24, 2.45) is 0 Å². The first-order valence-electron chi connectivity index (χ1n) is 6.14. The van der Waals surface area contributed by atoms with Crippen molar-refractivity contribution in [3.05, 3.63) is 34.9 Å². The van der Waals surface area contributed by atoms with Crippen LogP contribution in [0.15, 0.2) is 12.1 Å². The van der Waals surface area contributed by atoms with Crippen molar-refractivity contribution >= 4 is 5.97 Å². The van der Waals surface area contributed by atoms with Gasteiger partial charge >= 0.3 is 5.97 Å². The number of carbonyl (C=O) groups excluding carboxylic acids is 1. The van der Waals surface area contributed by atoms with E-state index in [0.717, 1.165) is 12.1 Å². The SMILES string of the molecule is CCOC(=O)CC(C)(NC)c1cc(F)c(C)cc1F. The number of aryl methyl sites for hydroxylation is 1. The van der Waals surface area contributed by atoms with Gasteiger partial charge < -0.3 is 10.1 Å². The van der Waals surface area contributed by atoms with Gasteiger partial charge in [-0.05, 0) is 45.5 Å². The van der Waals surface area contributed by atoms with Crippen molar-refractivity contribution in [3.8, 4) is 0 Å². The highest BCUT2D eigenvalue weighted by atomic mass is 19.1. The predicted octanol–water partition coefficient (Wildman–Crippen LogP) is 2.66. The average molecular weight is 271 g/mol. The third kappa shape index (κ3) is 3.50. The molecule has 106 valence electrons. The summed E-state index contributed by atoms with van der Waals surface area (Å²) >= 11 is 0. The van der Waals surface area contributed by atoms with Crippen LogP contribution in [0.2, 0.25) is 0 Å². The molecule has 1 rings (SSSR count). The molecule has 0 aliphatic heterocycles. The topological polar surface area (TPSA) is 38.3 Å². The van der Waals surface area contributed by atoms with E-state index < -0.39 is 23.1 Å². The minimum atomic E-state index is -1.01. The summed E-state index contributed by atoms with van der Waals surface area (Å²) in [6.07, 6.45) is -0.0727. The predicted molar refractivity (Wildman–Crippen MR) is 68.8 cm³/mol. The van der Waals surface area contributed by atoms with Crippen LogP contribution in [-0.4, -0.2) is 19.6 Å². The highest BCUT2D eigenvalue weighted by Gasteiger charge is 2.32. The summed E-state index contributed by atoms with van der Waals surface area (Å²) in [6.45, 7) is 5.07. The normalized spacial score (nSPS) is 14.0. The Hall–Kier alpha value is -1.49. The van der Waals surface area contributed by atoms with E-state index >= 15 is 0 Å². The fourth-order valence-corrected chi connectivity index (χ4v) is 1.89. The molecule has 1 unspecified atom stereocenters.